The fraction of sp³-hybridized carbons (Fsp3) is 0.290. The number of primary amides is 1. The van der Waals surface area contributed by atoms with Crippen LogP contribution in [0.2, 0.25) is 0 Å². The Morgan fingerprint density at radius 3 is 2.23 bits per heavy atom. The number of Topliss-reactive ketones (excluding diaryl/α,β-unsaturated/α-hetero) is 1. The molecular formula is C31H29F2N7O4. The Kier molecular flexibility index (Phi) is 7.53. The number of oxime groups is 1. The van der Waals surface area contributed by atoms with Crippen LogP contribution in [0.1, 0.15) is 44.6 Å². The van der Waals surface area contributed by atoms with Crippen LogP contribution in [0.4, 0.5) is 25.8 Å². The van der Waals surface area contributed by atoms with Gasteiger partial charge in [-0.3, -0.25) is 19.3 Å². The lowest BCUT2D eigenvalue weighted by atomic mass is 9.90. The van der Waals surface area contributed by atoms with E-state index in [4.69, 9.17) is 10.6 Å². The first-order valence-corrected chi connectivity index (χ1v) is 14.2. The Bertz CT molecular complexity index is 1730. The minimum Gasteiger partial charge on any atom is -0.381 e. The van der Waals surface area contributed by atoms with Crippen molar-refractivity contribution in [1.82, 2.24) is 14.8 Å². The standard InChI is InChI=1S/C31H29F2N7O4/c1-2-39-28-25(17-36-39)27(37-20-7-13-23(41)14-8-20)24(16-35-28)26-15-31(29(34)42,44-38-26)30(43)40(21-9-3-18(32)4-10-21)22-11-5-19(33)6-12-22/h3-6,9-12,16-17,20H,2,7-8,13-15H2,1H3,(H2,34,42)(H,35,37). The number of carbonyl (C=O) groups excluding carboxylic acids is 3. The van der Waals surface area contributed by atoms with Gasteiger partial charge in [-0.25, -0.2) is 18.4 Å². The van der Waals surface area contributed by atoms with Crippen molar-refractivity contribution in [3.63, 3.8) is 0 Å². The van der Waals surface area contributed by atoms with Gasteiger partial charge in [-0.15, -0.1) is 0 Å². The molecule has 3 heterocycles. The molecule has 0 bridgehead atoms. The molecule has 226 valence electrons. The quantitative estimate of drug-likeness (QED) is 0.286. The summed E-state index contributed by atoms with van der Waals surface area (Å²) < 4.78 is 29.3. The van der Waals surface area contributed by atoms with Crippen LogP contribution in [0.3, 0.4) is 0 Å². The normalized spacial score (nSPS) is 18.6. The number of pyridine rings is 1. The number of aryl methyl sites for hydroxylation is 1. The predicted molar refractivity (Wildman–Crippen MR) is 158 cm³/mol. The van der Waals surface area contributed by atoms with Gasteiger partial charge < -0.3 is 15.9 Å². The number of nitrogens with two attached hydrogens (primary N) is 1. The molecule has 0 spiro atoms. The van der Waals surface area contributed by atoms with Crippen LogP contribution in [0.25, 0.3) is 11.0 Å². The van der Waals surface area contributed by atoms with Crippen LogP contribution in [-0.2, 0) is 25.8 Å². The Morgan fingerprint density at radius 2 is 1.66 bits per heavy atom. The Hall–Kier alpha value is -5.20. The van der Waals surface area contributed by atoms with Gasteiger partial charge >= 0.3 is 0 Å². The van der Waals surface area contributed by atoms with Crippen molar-refractivity contribution in [1.29, 1.82) is 0 Å². The maximum absolute atomic E-state index is 14.3. The van der Waals surface area contributed by atoms with E-state index in [-0.39, 0.29) is 35.3 Å². The molecule has 2 aromatic heterocycles. The second-order valence-corrected chi connectivity index (χ2v) is 10.8. The molecule has 0 saturated heterocycles. The highest BCUT2D eigenvalue weighted by Crippen LogP contribution is 2.38. The first kappa shape index (κ1) is 28.9. The van der Waals surface area contributed by atoms with Gasteiger partial charge in [0.2, 0.25) is 0 Å². The molecule has 3 N–H and O–H groups in total. The highest BCUT2D eigenvalue weighted by atomic mass is 19.1. The third-order valence-corrected chi connectivity index (χ3v) is 8.01. The van der Waals surface area contributed by atoms with Gasteiger partial charge in [-0.05, 0) is 68.3 Å². The molecule has 1 aliphatic heterocycles. The van der Waals surface area contributed by atoms with Crippen LogP contribution >= 0.6 is 0 Å². The fourth-order valence-corrected chi connectivity index (χ4v) is 5.60. The van der Waals surface area contributed by atoms with E-state index in [9.17, 15) is 23.2 Å². The largest absolute Gasteiger partial charge is 0.381 e. The zero-order chi connectivity index (χ0) is 31.0. The van der Waals surface area contributed by atoms with Crippen molar-refractivity contribution in [3.05, 3.63) is 78.1 Å². The minimum absolute atomic E-state index is 0.0140. The summed E-state index contributed by atoms with van der Waals surface area (Å²) in [5, 5.41) is 12.9. The van der Waals surface area contributed by atoms with Gasteiger partial charge in [0.15, 0.2) is 5.65 Å². The Labute approximate surface area is 250 Å². The molecule has 1 fully saturated rings. The van der Waals surface area contributed by atoms with Crippen LogP contribution in [0.5, 0.6) is 0 Å². The van der Waals surface area contributed by atoms with E-state index in [2.05, 4.69) is 20.6 Å². The molecule has 6 rings (SSSR count). The maximum atomic E-state index is 14.3. The molecule has 2 aliphatic rings. The number of nitrogens with one attached hydrogen (secondary N) is 1. The molecule has 1 saturated carbocycles. The summed E-state index contributed by atoms with van der Waals surface area (Å²) >= 11 is 0. The zero-order valence-electron chi connectivity index (χ0n) is 23.8. The van der Waals surface area contributed by atoms with Crippen molar-refractivity contribution >= 4 is 51.4 Å². The van der Waals surface area contributed by atoms with Gasteiger partial charge in [0.1, 0.15) is 17.4 Å². The summed E-state index contributed by atoms with van der Waals surface area (Å²) in [6.07, 6.45) is 5.12. The van der Waals surface area contributed by atoms with E-state index in [1.54, 1.807) is 17.1 Å². The lowest BCUT2D eigenvalue weighted by Crippen LogP contribution is -2.56. The van der Waals surface area contributed by atoms with E-state index in [0.29, 0.717) is 54.5 Å². The van der Waals surface area contributed by atoms with Crippen molar-refractivity contribution in [2.45, 2.75) is 57.2 Å². The molecule has 0 radical (unpaired) electrons. The third kappa shape index (κ3) is 5.14. The molecule has 1 atom stereocenters. The van der Waals surface area contributed by atoms with Crippen molar-refractivity contribution in [2.24, 2.45) is 10.9 Å². The minimum atomic E-state index is -2.28. The zero-order valence-corrected chi connectivity index (χ0v) is 23.8. The number of carbonyl (C=O) groups is 3. The molecule has 13 heteroatoms. The Morgan fingerprint density at radius 1 is 1.05 bits per heavy atom. The number of rotatable bonds is 8. The summed E-state index contributed by atoms with van der Waals surface area (Å²) in [5.74, 6) is -2.85. The molecule has 1 aliphatic carbocycles. The molecular weight excluding hydrogens is 572 g/mol. The monoisotopic (exact) mass is 601 g/mol. The lowest BCUT2D eigenvalue weighted by molar-refractivity contribution is -0.153. The van der Waals surface area contributed by atoms with Crippen molar-refractivity contribution in [3.8, 4) is 0 Å². The average molecular weight is 602 g/mol. The number of ketones is 1. The molecule has 1 unspecified atom stereocenters. The first-order valence-electron chi connectivity index (χ1n) is 14.2. The number of hydrogen-bond donors (Lipinski definition) is 2. The smallest absolute Gasteiger partial charge is 0.298 e. The second-order valence-electron chi connectivity index (χ2n) is 10.8. The average Bonchev–Trinajstić information content (AvgIpc) is 3.66. The van der Waals surface area contributed by atoms with E-state index < -0.39 is 29.0 Å². The van der Waals surface area contributed by atoms with Gasteiger partial charge in [-0.2, -0.15) is 5.10 Å². The number of aromatic nitrogens is 3. The number of benzene rings is 2. The van der Waals surface area contributed by atoms with Crippen molar-refractivity contribution in [2.75, 3.05) is 10.2 Å². The SMILES string of the molecule is CCn1ncc2c(NC3CCC(=O)CC3)c(C3=NOC(C(N)=O)(C(=O)N(c4ccc(F)cc4)c4ccc(F)cc4)C3)cnc21. The first-order chi connectivity index (χ1) is 21.2. The maximum Gasteiger partial charge on any atom is 0.298 e. The predicted octanol–water partition coefficient (Wildman–Crippen LogP) is 4.37. The van der Waals surface area contributed by atoms with E-state index >= 15 is 0 Å². The highest BCUT2D eigenvalue weighted by molar-refractivity contribution is 6.23. The van der Waals surface area contributed by atoms with Crippen molar-refractivity contribution < 1.29 is 28.0 Å². The summed E-state index contributed by atoms with van der Waals surface area (Å²) in [4.78, 5) is 50.6. The topological polar surface area (TPSA) is 145 Å². The summed E-state index contributed by atoms with van der Waals surface area (Å²) in [5.41, 5.74) is 5.95. The number of hydrogen-bond acceptors (Lipinski definition) is 8. The number of fused-ring (bicyclic) bond motifs is 1. The third-order valence-electron chi connectivity index (χ3n) is 8.01. The van der Waals surface area contributed by atoms with E-state index in [0.717, 1.165) is 29.2 Å². The van der Waals surface area contributed by atoms with Crippen LogP contribution in [0, 0.1) is 11.6 Å². The van der Waals surface area contributed by atoms with Gasteiger partial charge in [0, 0.05) is 48.6 Å². The molecule has 44 heavy (non-hydrogen) atoms. The molecule has 2 aromatic carbocycles. The van der Waals surface area contributed by atoms with E-state index in [1.165, 1.54) is 24.3 Å². The highest BCUT2D eigenvalue weighted by Gasteiger charge is 2.55. The van der Waals surface area contributed by atoms with Crippen LogP contribution < -0.4 is 16.0 Å². The molecule has 4 aromatic rings. The van der Waals surface area contributed by atoms with Gasteiger partial charge in [-0.1, -0.05) is 5.16 Å². The van der Waals surface area contributed by atoms with Gasteiger partial charge in [0.25, 0.3) is 17.4 Å². The van der Waals surface area contributed by atoms with Crippen LogP contribution in [-0.4, -0.2) is 49.7 Å². The fourth-order valence-electron chi connectivity index (χ4n) is 5.60. The second kappa shape index (κ2) is 11.5. The summed E-state index contributed by atoms with van der Waals surface area (Å²) in [6, 6.07) is 10.0. The number of halogens is 2. The number of amides is 2. The Balaban J connectivity index is 1.40. The molecule has 2 amide bonds. The van der Waals surface area contributed by atoms with Gasteiger partial charge in [0.05, 0.1) is 29.4 Å². The van der Waals surface area contributed by atoms with E-state index in [1.807, 2.05) is 6.92 Å². The number of anilines is 3. The molecule has 11 nitrogen and oxygen atoms in total. The summed E-state index contributed by atoms with van der Waals surface area (Å²) in [7, 11) is 0. The lowest BCUT2D eigenvalue weighted by Gasteiger charge is -2.30. The van der Waals surface area contributed by atoms with Crippen LogP contribution in [0.15, 0.2) is 66.1 Å². The number of nitrogens with zero attached hydrogens (tertiary/aromatic N) is 5. The summed E-state index contributed by atoms with van der Waals surface area (Å²) in [6.45, 7) is 2.52.